The van der Waals surface area contributed by atoms with E-state index in [1.54, 1.807) is 13.2 Å². The number of rotatable bonds is 6. The Kier molecular flexibility index (Phi) is 5.03. The number of methoxy groups -OCH3 is 1. The van der Waals surface area contributed by atoms with E-state index in [4.69, 9.17) is 14.3 Å². The van der Waals surface area contributed by atoms with Crippen LogP contribution in [0.15, 0.2) is 39.2 Å². The van der Waals surface area contributed by atoms with Gasteiger partial charge in [0, 0.05) is 22.8 Å². The third kappa shape index (κ3) is 3.65. The molecule has 0 saturated carbocycles. The van der Waals surface area contributed by atoms with Crippen LogP contribution in [0.4, 0.5) is 5.69 Å². The predicted molar refractivity (Wildman–Crippen MR) is 82.6 cm³/mol. The number of hydrogen-bond donors (Lipinski definition) is 2. The summed E-state index contributed by atoms with van der Waals surface area (Å²) in [6, 6.07) is 8.75. The number of carbonyl (C=O) groups is 1. The number of furan rings is 1. The van der Waals surface area contributed by atoms with Gasteiger partial charge >= 0.3 is 5.97 Å². The molecule has 0 spiro atoms. The summed E-state index contributed by atoms with van der Waals surface area (Å²) in [4.78, 5) is 10.8. The molecule has 0 aliphatic rings. The van der Waals surface area contributed by atoms with E-state index in [-0.39, 0.29) is 11.8 Å². The van der Waals surface area contributed by atoms with Crippen molar-refractivity contribution in [1.82, 2.24) is 0 Å². The van der Waals surface area contributed by atoms with Gasteiger partial charge in [0.15, 0.2) is 0 Å². The van der Waals surface area contributed by atoms with Gasteiger partial charge in [-0.1, -0.05) is 22.0 Å². The van der Waals surface area contributed by atoms with Crippen LogP contribution in [0.25, 0.3) is 0 Å². The number of carboxylic acid groups (broad SMARTS) is 1. The number of benzene rings is 1. The molecule has 0 saturated heterocycles. The van der Waals surface area contributed by atoms with Gasteiger partial charge in [-0.3, -0.25) is 0 Å². The number of carboxylic acids is 1. The maximum absolute atomic E-state index is 10.8. The van der Waals surface area contributed by atoms with Crippen LogP contribution in [0, 0.1) is 0 Å². The van der Waals surface area contributed by atoms with E-state index in [9.17, 15) is 4.79 Å². The number of halogens is 1. The largest absolute Gasteiger partial charge is 0.475 e. The molecule has 1 atom stereocenters. The van der Waals surface area contributed by atoms with E-state index in [1.165, 1.54) is 6.07 Å². The quantitative estimate of drug-likeness (QED) is 0.819. The zero-order chi connectivity index (χ0) is 15.4. The smallest absolute Gasteiger partial charge is 0.371 e. The van der Waals surface area contributed by atoms with E-state index in [0.29, 0.717) is 12.4 Å². The Morgan fingerprint density at radius 2 is 2.19 bits per heavy atom. The lowest BCUT2D eigenvalue weighted by Crippen LogP contribution is -2.08. The van der Waals surface area contributed by atoms with E-state index in [2.05, 4.69) is 21.2 Å². The second-order valence-electron chi connectivity index (χ2n) is 4.57. The monoisotopic (exact) mass is 353 g/mol. The summed E-state index contributed by atoms with van der Waals surface area (Å²) in [5, 5.41) is 12.2. The molecule has 1 heterocycles. The number of nitrogens with one attached hydrogen (secondary N) is 1. The number of aromatic carboxylic acids is 1. The molecule has 1 unspecified atom stereocenters. The molecule has 2 N–H and O–H groups in total. The summed E-state index contributed by atoms with van der Waals surface area (Å²) >= 11 is 3.50. The molecule has 0 radical (unpaired) electrons. The lowest BCUT2D eigenvalue weighted by molar-refractivity contribution is 0.0660. The Morgan fingerprint density at radius 1 is 1.43 bits per heavy atom. The van der Waals surface area contributed by atoms with Gasteiger partial charge in [-0.25, -0.2) is 4.79 Å². The predicted octanol–water partition coefficient (Wildman–Crippen LogP) is 4.06. The van der Waals surface area contributed by atoms with Gasteiger partial charge in [0.2, 0.25) is 5.76 Å². The van der Waals surface area contributed by atoms with E-state index >= 15 is 0 Å². The highest BCUT2D eigenvalue weighted by Crippen LogP contribution is 2.29. The molecule has 21 heavy (non-hydrogen) atoms. The Hall–Kier alpha value is -1.79. The van der Waals surface area contributed by atoms with Crippen LogP contribution in [0.3, 0.4) is 0 Å². The zero-order valence-corrected chi connectivity index (χ0v) is 13.3. The van der Waals surface area contributed by atoms with Crippen molar-refractivity contribution in [2.24, 2.45) is 0 Å². The molecular weight excluding hydrogens is 338 g/mol. The van der Waals surface area contributed by atoms with Crippen molar-refractivity contribution in [2.75, 3.05) is 12.4 Å². The molecule has 6 heteroatoms. The van der Waals surface area contributed by atoms with Crippen LogP contribution >= 0.6 is 15.9 Å². The van der Waals surface area contributed by atoms with Gasteiger partial charge < -0.3 is 19.6 Å². The molecule has 0 amide bonds. The second kappa shape index (κ2) is 6.78. The van der Waals surface area contributed by atoms with Gasteiger partial charge in [-0.05, 0) is 31.2 Å². The zero-order valence-electron chi connectivity index (χ0n) is 11.7. The van der Waals surface area contributed by atoms with Crippen molar-refractivity contribution < 1.29 is 19.1 Å². The first-order valence-corrected chi connectivity index (χ1v) is 7.18. The number of hydrogen-bond acceptors (Lipinski definition) is 4. The fourth-order valence-corrected chi connectivity index (χ4v) is 2.47. The molecule has 2 rings (SSSR count). The van der Waals surface area contributed by atoms with Crippen molar-refractivity contribution in [3.63, 3.8) is 0 Å². The number of ether oxygens (including phenoxy) is 1. The van der Waals surface area contributed by atoms with E-state index in [0.717, 1.165) is 15.7 Å². The molecule has 1 aromatic heterocycles. The van der Waals surface area contributed by atoms with Gasteiger partial charge in [0.05, 0.1) is 12.6 Å². The fraction of sp³-hybridized carbons (Fsp3) is 0.267. The molecule has 0 aliphatic carbocycles. The third-order valence-corrected chi connectivity index (χ3v) is 3.79. The lowest BCUT2D eigenvalue weighted by atomic mass is 10.1. The van der Waals surface area contributed by atoms with Gasteiger partial charge in [-0.2, -0.15) is 0 Å². The van der Waals surface area contributed by atoms with Crippen LogP contribution in [-0.4, -0.2) is 18.2 Å². The van der Waals surface area contributed by atoms with Gasteiger partial charge in [-0.15, -0.1) is 0 Å². The van der Waals surface area contributed by atoms with E-state index in [1.807, 2.05) is 25.1 Å². The third-order valence-electron chi connectivity index (χ3n) is 3.04. The van der Waals surface area contributed by atoms with Crippen LogP contribution in [0.2, 0.25) is 0 Å². The first-order valence-electron chi connectivity index (χ1n) is 6.38. The van der Waals surface area contributed by atoms with Crippen molar-refractivity contribution in [1.29, 1.82) is 0 Å². The van der Waals surface area contributed by atoms with Crippen LogP contribution in [0.1, 0.15) is 34.8 Å². The molecule has 112 valence electrons. The standard InChI is InChI=1S/C15H16BrNO4/c1-9(13-6-7-14(21-13)15(18)19)17-12-5-3-4-11(16)10(12)8-20-2/h3-7,9,17H,8H2,1-2H3,(H,18,19). The molecule has 5 nitrogen and oxygen atoms in total. The summed E-state index contributed by atoms with van der Waals surface area (Å²) in [6.07, 6.45) is 0. The molecule has 1 aromatic carbocycles. The maximum Gasteiger partial charge on any atom is 0.371 e. The van der Waals surface area contributed by atoms with Gasteiger partial charge in [0.1, 0.15) is 5.76 Å². The Balaban J connectivity index is 2.20. The molecule has 2 aromatic rings. The van der Waals surface area contributed by atoms with Crippen molar-refractivity contribution in [2.45, 2.75) is 19.6 Å². The average Bonchev–Trinajstić information content (AvgIpc) is 2.92. The second-order valence-corrected chi connectivity index (χ2v) is 5.43. The SMILES string of the molecule is COCc1c(Br)cccc1NC(C)c1ccc(C(=O)O)o1. The Bertz CT molecular complexity index is 638. The van der Waals surface area contributed by atoms with Crippen LogP contribution in [0.5, 0.6) is 0 Å². The summed E-state index contributed by atoms with van der Waals surface area (Å²) in [5.41, 5.74) is 1.91. The highest BCUT2D eigenvalue weighted by atomic mass is 79.9. The Labute approximate surface area is 131 Å². The summed E-state index contributed by atoms with van der Waals surface area (Å²) in [6.45, 7) is 2.37. The summed E-state index contributed by atoms with van der Waals surface area (Å²) < 4.78 is 11.5. The van der Waals surface area contributed by atoms with Crippen LogP contribution < -0.4 is 5.32 Å². The fourth-order valence-electron chi connectivity index (χ4n) is 1.99. The normalized spacial score (nSPS) is 12.1. The van der Waals surface area contributed by atoms with Gasteiger partial charge in [0.25, 0.3) is 0 Å². The van der Waals surface area contributed by atoms with Crippen molar-refractivity contribution >= 4 is 27.6 Å². The minimum atomic E-state index is -1.07. The Morgan fingerprint density at radius 3 is 2.81 bits per heavy atom. The first kappa shape index (κ1) is 15.6. The first-order chi connectivity index (χ1) is 10.0. The molecule has 0 bridgehead atoms. The molecular formula is C15H16BrNO4. The topological polar surface area (TPSA) is 71.7 Å². The van der Waals surface area contributed by atoms with Crippen LogP contribution in [-0.2, 0) is 11.3 Å². The molecule has 0 fully saturated rings. The maximum atomic E-state index is 10.8. The number of anilines is 1. The average molecular weight is 354 g/mol. The highest BCUT2D eigenvalue weighted by molar-refractivity contribution is 9.10. The highest BCUT2D eigenvalue weighted by Gasteiger charge is 2.16. The lowest BCUT2D eigenvalue weighted by Gasteiger charge is -2.17. The van der Waals surface area contributed by atoms with Crippen molar-refractivity contribution in [3.05, 3.63) is 51.9 Å². The summed E-state index contributed by atoms with van der Waals surface area (Å²) in [7, 11) is 1.64. The molecule has 0 aliphatic heterocycles. The minimum Gasteiger partial charge on any atom is -0.475 e. The van der Waals surface area contributed by atoms with E-state index < -0.39 is 5.97 Å². The minimum absolute atomic E-state index is 0.0648. The van der Waals surface area contributed by atoms with Crippen molar-refractivity contribution in [3.8, 4) is 0 Å². The summed E-state index contributed by atoms with van der Waals surface area (Å²) in [5.74, 6) is -0.572.